The van der Waals surface area contributed by atoms with Crippen molar-refractivity contribution in [3.8, 4) is 11.4 Å². The zero-order valence-electron chi connectivity index (χ0n) is 21.0. The molecule has 39 heavy (non-hydrogen) atoms. The summed E-state index contributed by atoms with van der Waals surface area (Å²) in [6, 6.07) is 21.2. The summed E-state index contributed by atoms with van der Waals surface area (Å²) in [4.78, 5) is 0. The molecule has 0 amide bonds. The molecule has 198 valence electrons. The van der Waals surface area contributed by atoms with Gasteiger partial charge in [0.05, 0.1) is 17.4 Å². The zero-order valence-corrected chi connectivity index (χ0v) is 21.8. The highest BCUT2D eigenvalue weighted by molar-refractivity contribution is 7.80. The van der Waals surface area contributed by atoms with E-state index < -0.39 is 6.36 Å². The fourth-order valence-electron chi connectivity index (χ4n) is 4.30. The second-order valence-corrected chi connectivity index (χ2v) is 9.15. The van der Waals surface area contributed by atoms with Crippen LogP contribution >= 0.6 is 12.2 Å². The minimum absolute atomic E-state index is 0.303. The van der Waals surface area contributed by atoms with Crippen LogP contribution in [0.4, 0.5) is 18.9 Å². The third-order valence-electron chi connectivity index (χ3n) is 6.13. The summed E-state index contributed by atoms with van der Waals surface area (Å²) in [5.74, 6) is -0.303. The number of fused-ring (bicyclic) bond motifs is 3. The Morgan fingerprint density at radius 3 is 2.62 bits per heavy atom. The number of para-hydroxylation sites is 1. The van der Waals surface area contributed by atoms with E-state index in [0.29, 0.717) is 21.8 Å². The van der Waals surface area contributed by atoms with Crippen LogP contribution in [-0.2, 0) is 6.42 Å². The summed E-state index contributed by atoms with van der Waals surface area (Å²) in [7, 11) is 0. The van der Waals surface area contributed by atoms with Gasteiger partial charge in [0.25, 0.3) is 0 Å². The first kappa shape index (κ1) is 26.1. The molecule has 0 atom stereocenters. The van der Waals surface area contributed by atoms with Crippen molar-refractivity contribution in [2.24, 2.45) is 5.10 Å². The molecule has 0 fully saturated rings. The summed E-state index contributed by atoms with van der Waals surface area (Å²) in [5.41, 5.74) is 8.93. The van der Waals surface area contributed by atoms with Crippen LogP contribution in [0.15, 0.2) is 77.9 Å². The van der Waals surface area contributed by atoms with E-state index in [1.54, 1.807) is 10.9 Å². The number of aromatic nitrogens is 3. The maximum atomic E-state index is 12.5. The zero-order chi connectivity index (χ0) is 27.6. The molecule has 7 nitrogen and oxygen atoms in total. The lowest BCUT2D eigenvalue weighted by atomic mass is 10.1. The molecule has 0 aliphatic carbocycles. The summed E-state index contributed by atoms with van der Waals surface area (Å²) in [5, 5.41) is 18.2. The molecule has 0 unspecified atom stereocenters. The van der Waals surface area contributed by atoms with Crippen LogP contribution in [0, 0.1) is 6.92 Å². The Morgan fingerprint density at radius 2 is 1.87 bits per heavy atom. The molecular weight excluding hydrogens is 525 g/mol. The molecule has 11 heteroatoms. The van der Waals surface area contributed by atoms with Crippen molar-refractivity contribution in [2.45, 2.75) is 26.6 Å². The third kappa shape index (κ3) is 5.83. The van der Waals surface area contributed by atoms with Crippen LogP contribution in [0.5, 0.6) is 5.75 Å². The quantitative estimate of drug-likeness (QED) is 0.140. The van der Waals surface area contributed by atoms with Gasteiger partial charge in [-0.1, -0.05) is 48.5 Å². The lowest BCUT2D eigenvalue weighted by molar-refractivity contribution is -0.274. The van der Waals surface area contributed by atoms with E-state index in [0.717, 1.165) is 34.0 Å². The van der Waals surface area contributed by atoms with E-state index in [4.69, 9.17) is 12.2 Å². The van der Waals surface area contributed by atoms with Crippen molar-refractivity contribution in [1.29, 1.82) is 0 Å². The SMILES string of the molecule is CCc1cccc(C)c1NC(=S)NN=Cc1ccc2c(ccc3c2nnn3-c2ccc(OC(F)(F)F)cc2)c1. The smallest absolute Gasteiger partial charge is 0.406 e. The Labute approximate surface area is 227 Å². The molecule has 0 radical (unpaired) electrons. The molecule has 0 aliphatic heterocycles. The van der Waals surface area contributed by atoms with Crippen LogP contribution in [0.1, 0.15) is 23.6 Å². The van der Waals surface area contributed by atoms with Crippen molar-refractivity contribution in [1.82, 2.24) is 20.4 Å². The standard InChI is InChI=1S/C28H23F3N6OS/c1-3-19-6-4-5-17(2)25(19)33-27(39)35-32-16-18-7-13-23-20(15-18)8-14-24-26(23)34-36-37(24)21-9-11-22(12-10-21)38-28(29,30)31/h4-16H,3H2,1-2H3,(H2,33,35,39). The largest absolute Gasteiger partial charge is 0.573 e. The van der Waals surface area contributed by atoms with Gasteiger partial charge in [0.15, 0.2) is 5.11 Å². The van der Waals surface area contributed by atoms with Crippen LogP contribution < -0.4 is 15.5 Å². The predicted octanol–water partition coefficient (Wildman–Crippen LogP) is 6.66. The lowest BCUT2D eigenvalue weighted by Gasteiger charge is -2.14. The van der Waals surface area contributed by atoms with E-state index in [9.17, 15) is 13.2 Å². The fraction of sp³-hybridized carbons (Fsp3) is 0.143. The predicted molar refractivity (Wildman–Crippen MR) is 151 cm³/mol. The van der Waals surface area contributed by atoms with Gasteiger partial charge >= 0.3 is 6.36 Å². The van der Waals surface area contributed by atoms with E-state index in [2.05, 4.69) is 43.9 Å². The van der Waals surface area contributed by atoms with E-state index in [1.807, 2.05) is 49.4 Å². The van der Waals surface area contributed by atoms with E-state index in [1.165, 1.54) is 29.8 Å². The Kier molecular flexibility index (Phi) is 7.16. The normalized spacial score (nSPS) is 11.8. The number of aryl methyl sites for hydroxylation is 2. The summed E-state index contributed by atoms with van der Waals surface area (Å²) < 4.78 is 42.9. The number of alkyl halides is 3. The number of hydrazone groups is 1. The first-order valence-electron chi connectivity index (χ1n) is 12.0. The highest BCUT2D eigenvalue weighted by Crippen LogP contribution is 2.28. The minimum Gasteiger partial charge on any atom is -0.406 e. The van der Waals surface area contributed by atoms with Gasteiger partial charge in [0.2, 0.25) is 0 Å². The lowest BCUT2D eigenvalue weighted by Crippen LogP contribution is -2.25. The van der Waals surface area contributed by atoms with Crippen molar-refractivity contribution in [2.75, 3.05) is 5.32 Å². The molecule has 1 heterocycles. The van der Waals surface area contributed by atoms with Gasteiger partial charge in [-0.25, -0.2) is 4.68 Å². The highest BCUT2D eigenvalue weighted by atomic mass is 32.1. The van der Waals surface area contributed by atoms with Gasteiger partial charge < -0.3 is 10.1 Å². The Balaban J connectivity index is 1.32. The second-order valence-electron chi connectivity index (χ2n) is 8.74. The van der Waals surface area contributed by atoms with Crippen LogP contribution in [0.2, 0.25) is 0 Å². The number of thiocarbonyl (C=S) groups is 1. The topological polar surface area (TPSA) is 76.4 Å². The van der Waals surface area contributed by atoms with E-state index >= 15 is 0 Å². The number of halogens is 3. The summed E-state index contributed by atoms with van der Waals surface area (Å²) in [6.07, 6.45) is -2.18. The molecule has 5 rings (SSSR count). The molecule has 0 bridgehead atoms. The number of anilines is 1. The van der Waals surface area contributed by atoms with Crippen molar-refractivity contribution in [3.05, 3.63) is 89.5 Å². The van der Waals surface area contributed by atoms with Gasteiger partial charge in [-0.05, 0) is 84.0 Å². The molecule has 0 spiro atoms. The highest BCUT2D eigenvalue weighted by Gasteiger charge is 2.31. The summed E-state index contributed by atoms with van der Waals surface area (Å²) in [6.45, 7) is 4.12. The molecular formula is C28H23F3N6OS. The Bertz CT molecular complexity index is 1700. The molecule has 2 N–H and O–H groups in total. The molecule has 0 saturated carbocycles. The molecule has 4 aromatic carbocycles. The van der Waals surface area contributed by atoms with Gasteiger partial charge in [-0.15, -0.1) is 18.3 Å². The third-order valence-corrected chi connectivity index (χ3v) is 6.32. The Hall–Kier alpha value is -4.51. The second kappa shape index (κ2) is 10.7. The minimum atomic E-state index is -4.75. The summed E-state index contributed by atoms with van der Waals surface area (Å²) >= 11 is 5.41. The fourth-order valence-corrected chi connectivity index (χ4v) is 4.46. The van der Waals surface area contributed by atoms with Gasteiger partial charge in [-0.3, -0.25) is 5.43 Å². The van der Waals surface area contributed by atoms with Gasteiger partial charge in [0, 0.05) is 11.1 Å². The van der Waals surface area contributed by atoms with Crippen molar-refractivity contribution < 1.29 is 17.9 Å². The van der Waals surface area contributed by atoms with Gasteiger partial charge in [0.1, 0.15) is 11.3 Å². The number of hydrogen-bond donors (Lipinski definition) is 2. The number of ether oxygens (including phenoxy) is 1. The molecule has 5 aromatic rings. The molecule has 0 aliphatic rings. The maximum Gasteiger partial charge on any atom is 0.573 e. The number of hydrogen-bond acceptors (Lipinski definition) is 5. The van der Waals surface area contributed by atoms with Crippen LogP contribution in [0.3, 0.4) is 0 Å². The Morgan fingerprint density at radius 1 is 1.08 bits per heavy atom. The number of benzene rings is 4. The first-order valence-corrected chi connectivity index (χ1v) is 12.5. The van der Waals surface area contributed by atoms with Crippen molar-refractivity contribution in [3.63, 3.8) is 0 Å². The molecule has 1 aromatic heterocycles. The maximum absolute atomic E-state index is 12.5. The van der Waals surface area contributed by atoms with Crippen molar-refractivity contribution >= 4 is 51.0 Å². The number of nitrogens with one attached hydrogen (secondary N) is 2. The number of nitrogens with zero attached hydrogens (tertiary/aromatic N) is 4. The number of rotatable bonds is 6. The average molecular weight is 549 g/mol. The molecule has 0 saturated heterocycles. The monoisotopic (exact) mass is 548 g/mol. The van der Waals surface area contributed by atoms with Crippen LogP contribution in [0.25, 0.3) is 27.5 Å². The van der Waals surface area contributed by atoms with E-state index in [-0.39, 0.29) is 5.75 Å². The van der Waals surface area contributed by atoms with Gasteiger partial charge in [-0.2, -0.15) is 5.10 Å². The van der Waals surface area contributed by atoms with Crippen LogP contribution in [-0.4, -0.2) is 32.7 Å². The average Bonchev–Trinajstić information content (AvgIpc) is 3.34. The first-order chi connectivity index (χ1) is 18.7.